The minimum Gasteiger partial charge on any atom is -0.484 e. The highest BCUT2D eigenvalue weighted by molar-refractivity contribution is 5.85. The number of halogens is 1. The summed E-state index contributed by atoms with van der Waals surface area (Å²) in [6.45, 7) is -0.140. The van der Waals surface area contributed by atoms with Crippen molar-refractivity contribution in [2.24, 2.45) is 0 Å². The molecule has 138 valence electrons. The molecule has 0 radical (unpaired) electrons. The van der Waals surface area contributed by atoms with E-state index in [-0.39, 0.29) is 36.7 Å². The van der Waals surface area contributed by atoms with Gasteiger partial charge in [0.05, 0.1) is 11.0 Å². The normalized spacial score (nSPS) is 15.3. The highest BCUT2D eigenvalue weighted by Crippen LogP contribution is 2.30. The van der Waals surface area contributed by atoms with E-state index in [0.29, 0.717) is 5.75 Å². The number of non-ortho nitro benzene ring substituents is 1. The van der Waals surface area contributed by atoms with E-state index < -0.39 is 4.92 Å². The molecule has 0 spiro atoms. The van der Waals surface area contributed by atoms with Gasteiger partial charge in [-0.1, -0.05) is 6.07 Å². The fraction of sp³-hybridized carbons (Fsp3) is 0.278. The number of nitrogens with two attached hydrogens (primary N) is 1. The summed E-state index contributed by atoms with van der Waals surface area (Å²) in [5.41, 5.74) is 8.81. The predicted octanol–water partition coefficient (Wildman–Crippen LogP) is 3.17. The molecule has 1 amide bonds. The monoisotopic (exact) mass is 377 g/mol. The fourth-order valence-corrected chi connectivity index (χ4v) is 3.03. The van der Waals surface area contributed by atoms with E-state index in [1.165, 1.54) is 29.8 Å². The first-order valence-corrected chi connectivity index (χ1v) is 8.08. The second-order valence-electron chi connectivity index (χ2n) is 6.01. The Bertz CT molecular complexity index is 796. The highest BCUT2D eigenvalue weighted by atomic mass is 35.5. The van der Waals surface area contributed by atoms with Crippen LogP contribution in [0.5, 0.6) is 5.75 Å². The van der Waals surface area contributed by atoms with Crippen molar-refractivity contribution in [3.05, 3.63) is 63.7 Å². The maximum absolute atomic E-state index is 12.2. The molecule has 1 unspecified atom stereocenters. The zero-order valence-corrected chi connectivity index (χ0v) is 14.8. The van der Waals surface area contributed by atoms with Crippen LogP contribution in [0.15, 0.2) is 42.5 Å². The summed E-state index contributed by atoms with van der Waals surface area (Å²) in [6.07, 6.45) is 2.83. The molecule has 0 aromatic heterocycles. The number of carbonyl (C=O) groups is 1. The molecule has 0 fully saturated rings. The van der Waals surface area contributed by atoms with Crippen molar-refractivity contribution in [3.63, 3.8) is 0 Å². The van der Waals surface area contributed by atoms with Crippen molar-refractivity contribution in [1.29, 1.82) is 0 Å². The van der Waals surface area contributed by atoms with Gasteiger partial charge in [0.1, 0.15) is 5.75 Å². The van der Waals surface area contributed by atoms with Crippen molar-refractivity contribution in [2.75, 3.05) is 12.3 Å². The summed E-state index contributed by atoms with van der Waals surface area (Å²) in [5.74, 6) is 0.186. The number of amides is 1. The summed E-state index contributed by atoms with van der Waals surface area (Å²) in [7, 11) is 0. The number of hydrogen-bond donors (Lipinski definition) is 2. The van der Waals surface area contributed by atoms with Gasteiger partial charge in [0.2, 0.25) is 0 Å². The lowest BCUT2D eigenvalue weighted by Crippen LogP contribution is -2.34. The van der Waals surface area contributed by atoms with Crippen molar-refractivity contribution in [1.82, 2.24) is 5.32 Å². The molecule has 26 heavy (non-hydrogen) atoms. The molecule has 2 aromatic rings. The number of nitrogens with zero attached hydrogens (tertiary/aromatic N) is 1. The number of nitro groups is 1. The Morgan fingerprint density at radius 1 is 1.27 bits per heavy atom. The second kappa shape index (κ2) is 8.53. The minimum atomic E-state index is -0.482. The molecule has 3 N–H and O–H groups in total. The SMILES string of the molecule is Cl.Nc1ccc2c(c1)CCCC2NC(=O)COc1ccc([N+](=O)[O-])cc1. The Hall–Kier alpha value is -2.80. The Labute approximate surface area is 157 Å². The van der Waals surface area contributed by atoms with Crippen LogP contribution in [0.1, 0.15) is 30.0 Å². The zero-order chi connectivity index (χ0) is 17.8. The number of nitro benzene ring substituents is 1. The molecular formula is C18H20ClN3O4. The van der Waals surface area contributed by atoms with Gasteiger partial charge in [-0.05, 0) is 54.7 Å². The number of carbonyl (C=O) groups excluding carboxylic acids is 1. The average Bonchev–Trinajstić information content (AvgIpc) is 2.60. The van der Waals surface area contributed by atoms with Gasteiger partial charge >= 0.3 is 0 Å². The van der Waals surface area contributed by atoms with Gasteiger partial charge in [0.15, 0.2) is 6.61 Å². The number of anilines is 1. The van der Waals surface area contributed by atoms with Gasteiger partial charge in [0.25, 0.3) is 11.6 Å². The van der Waals surface area contributed by atoms with Crippen LogP contribution in [0.25, 0.3) is 0 Å². The zero-order valence-electron chi connectivity index (χ0n) is 14.0. The van der Waals surface area contributed by atoms with Crippen LogP contribution in [0.3, 0.4) is 0 Å². The first-order valence-electron chi connectivity index (χ1n) is 8.08. The maximum atomic E-state index is 12.2. The summed E-state index contributed by atoms with van der Waals surface area (Å²) >= 11 is 0. The molecule has 0 heterocycles. The molecule has 8 heteroatoms. The first-order chi connectivity index (χ1) is 12.0. The predicted molar refractivity (Wildman–Crippen MR) is 101 cm³/mol. The smallest absolute Gasteiger partial charge is 0.269 e. The lowest BCUT2D eigenvalue weighted by atomic mass is 9.87. The third-order valence-electron chi connectivity index (χ3n) is 4.23. The molecule has 0 aliphatic heterocycles. The van der Waals surface area contributed by atoms with Crippen molar-refractivity contribution in [2.45, 2.75) is 25.3 Å². The van der Waals surface area contributed by atoms with E-state index in [0.717, 1.165) is 30.5 Å². The molecule has 0 saturated heterocycles. The van der Waals surface area contributed by atoms with Crippen molar-refractivity contribution < 1.29 is 14.5 Å². The van der Waals surface area contributed by atoms with E-state index in [2.05, 4.69) is 5.32 Å². The van der Waals surface area contributed by atoms with Crippen molar-refractivity contribution >= 4 is 29.7 Å². The Morgan fingerprint density at radius 3 is 2.69 bits per heavy atom. The number of nitrogen functional groups attached to an aromatic ring is 1. The van der Waals surface area contributed by atoms with Crippen LogP contribution in [-0.2, 0) is 11.2 Å². The molecule has 2 aromatic carbocycles. The lowest BCUT2D eigenvalue weighted by molar-refractivity contribution is -0.384. The molecule has 3 rings (SSSR count). The lowest BCUT2D eigenvalue weighted by Gasteiger charge is -2.26. The van der Waals surface area contributed by atoms with E-state index in [1.54, 1.807) is 0 Å². The second-order valence-corrected chi connectivity index (χ2v) is 6.01. The standard InChI is InChI=1S/C18H19N3O4.ClH/c19-13-4-9-16-12(10-13)2-1-3-17(16)20-18(22)11-25-15-7-5-14(6-8-15)21(23)24;/h4-10,17H,1-3,11,19H2,(H,20,22);1H. The molecular weight excluding hydrogens is 358 g/mol. The Morgan fingerprint density at radius 2 is 2.00 bits per heavy atom. The number of nitrogens with one attached hydrogen (secondary N) is 1. The Balaban J connectivity index is 0.00000243. The molecule has 0 bridgehead atoms. The topological polar surface area (TPSA) is 107 Å². The van der Waals surface area contributed by atoms with E-state index in [9.17, 15) is 14.9 Å². The van der Waals surface area contributed by atoms with Gasteiger partial charge in [-0.2, -0.15) is 0 Å². The maximum Gasteiger partial charge on any atom is 0.269 e. The van der Waals surface area contributed by atoms with Crippen LogP contribution < -0.4 is 15.8 Å². The minimum absolute atomic E-state index is 0. The van der Waals surface area contributed by atoms with E-state index in [4.69, 9.17) is 10.5 Å². The van der Waals surface area contributed by atoms with Crippen LogP contribution in [-0.4, -0.2) is 17.4 Å². The number of benzene rings is 2. The molecule has 1 aliphatic carbocycles. The van der Waals surface area contributed by atoms with Crippen LogP contribution in [0.4, 0.5) is 11.4 Å². The number of fused-ring (bicyclic) bond motifs is 1. The number of rotatable bonds is 5. The quantitative estimate of drug-likeness (QED) is 0.472. The summed E-state index contributed by atoms with van der Waals surface area (Å²) in [4.78, 5) is 22.3. The summed E-state index contributed by atoms with van der Waals surface area (Å²) < 4.78 is 5.40. The van der Waals surface area contributed by atoms with Gasteiger partial charge in [-0.25, -0.2) is 0 Å². The number of aryl methyl sites for hydroxylation is 1. The third kappa shape index (κ3) is 4.64. The Kier molecular flexibility index (Phi) is 6.41. The summed E-state index contributed by atoms with van der Waals surface area (Å²) in [6, 6.07) is 11.4. The molecule has 7 nitrogen and oxygen atoms in total. The van der Waals surface area contributed by atoms with Crippen LogP contribution in [0.2, 0.25) is 0 Å². The van der Waals surface area contributed by atoms with Gasteiger partial charge < -0.3 is 15.8 Å². The summed E-state index contributed by atoms with van der Waals surface area (Å²) in [5, 5.41) is 13.6. The van der Waals surface area contributed by atoms with E-state index >= 15 is 0 Å². The first kappa shape index (κ1) is 19.5. The van der Waals surface area contributed by atoms with Gasteiger partial charge in [0, 0.05) is 17.8 Å². The van der Waals surface area contributed by atoms with Crippen LogP contribution >= 0.6 is 12.4 Å². The van der Waals surface area contributed by atoms with Crippen LogP contribution in [0, 0.1) is 10.1 Å². The molecule has 1 aliphatic rings. The van der Waals surface area contributed by atoms with Crippen molar-refractivity contribution in [3.8, 4) is 5.75 Å². The van der Waals surface area contributed by atoms with Gasteiger partial charge in [-0.3, -0.25) is 14.9 Å². The average molecular weight is 378 g/mol. The number of ether oxygens (including phenoxy) is 1. The van der Waals surface area contributed by atoms with E-state index in [1.807, 2.05) is 18.2 Å². The molecule has 0 saturated carbocycles. The highest BCUT2D eigenvalue weighted by Gasteiger charge is 2.22. The third-order valence-corrected chi connectivity index (χ3v) is 4.23. The van der Waals surface area contributed by atoms with Gasteiger partial charge in [-0.15, -0.1) is 12.4 Å². The molecule has 1 atom stereocenters. The number of hydrogen-bond acceptors (Lipinski definition) is 5. The fourth-order valence-electron chi connectivity index (χ4n) is 3.03. The largest absolute Gasteiger partial charge is 0.484 e.